The predicted octanol–water partition coefficient (Wildman–Crippen LogP) is 1.38. The second kappa shape index (κ2) is 5.48. The number of nitrogens with zero attached hydrogens (tertiary/aromatic N) is 2. The van der Waals surface area contributed by atoms with Crippen LogP contribution >= 0.6 is 0 Å². The van der Waals surface area contributed by atoms with Crippen LogP contribution in [-0.2, 0) is 28.8 Å². The standard InChI is InChI=1S/C14H25N3O2S/c1-14(2,3)13-11(10-17(4)16-13)8-15-9-12-6-5-7-20(12,18)19/h10,12,15H,5-9H2,1-4H3. The van der Waals surface area contributed by atoms with E-state index in [2.05, 4.69) is 31.2 Å². The summed E-state index contributed by atoms with van der Waals surface area (Å²) in [5.74, 6) is 0.347. The fraction of sp³-hybridized carbons (Fsp3) is 0.786. The first kappa shape index (κ1) is 15.5. The summed E-state index contributed by atoms with van der Waals surface area (Å²) < 4.78 is 25.4. The number of hydrogen-bond donors (Lipinski definition) is 1. The van der Waals surface area contributed by atoms with Gasteiger partial charge in [0.05, 0.1) is 16.7 Å². The molecular formula is C14H25N3O2S. The van der Waals surface area contributed by atoms with Crippen LogP contribution in [-0.4, -0.2) is 35.7 Å². The Hall–Kier alpha value is -0.880. The molecule has 114 valence electrons. The molecule has 1 atom stereocenters. The van der Waals surface area contributed by atoms with Gasteiger partial charge in [-0.15, -0.1) is 0 Å². The van der Waals surface area contributed by atoms with E-state index in [1.54, 1.807) is 0 Å². The van der Waals surface area contributed by atoms with Gasteiger partial charge >= 0.3 is 0 Å². The third kappa shape index (κ3) is 3.41. The van der Waals surface area contributed by atoms with Crippen molar-refractivity contribution in [3.05, 3.63) is 17.5 Å². The molecule has 1 saturated heterocycles. The van der Waals surface area contributed by atoms with Crippen molar-refractivity contribution in [3.63, 3.8) is 0 Å². The van der Waals surface area contributed by atoms with Crippen molar-refractivity contribution in [3.8, 4) is 0 Å². The van der Waals surface area contributed by atoms with Gasteiger partial charge in [-0.2, -0.15) is 5.10 Å². The van der Waals surface area contributed by atoms with Crippen molar-refractivity contribution in [2.24, 2.45) is 7.05 Å². The van der Waals surface area contributed by atoms with Gasteiger partial charge in [-0.1, -0.05) is 20.8 Å². The third-order valence-electron chi connectivity index (χ3n) is 3.77. The second-order valence-corrected chi connectivity index (χ2v) is 9.09. The Balaban J connectivity index is 1.98. The van der Waals surface area contributed by atoms with Crippen molar-refractivity contribution in [2.75, 3.05) is 12.3 Å². The number of sulfone groups is 1. The number of nitrogens with one attached hydrogen (secondary N) is 1. The highest BCUT2D eigenvalue weighted by Crippen LogP contribution is 2.24. The van der Waals surface area contributed by atoms with Gasteiger partial charge in [-0.05, 0) is 12.8 Å². The summed E-state index contributed by atoms with van der Waals surface area (Å²) in [6.45, 7) is 7.63. The fourth-order valence-electron chi connectivity index (χ4n) is 2.75. The average molecular weight is 299 g/mol. The molecule has 1 N–H and O–H groups in total. The van der Waals surface area contributed by atoms with Gasteiger partial charge in [0.15, 0.2) is 9.84 Å². The molecule has 2 heterocycles. The van der Waals surface area contributed by atoms with E-state index >= 15 is 0 Å². The van der Waals surface area contributed by atoms with Gasteiger partial charge in [-0.25, -0.2) is 8.42 Å². The van der Waals surface area contributed by atoms with Crippen LogP contribution in [0.15, 0.2) is 6.20 Å². The summed E-state index contributed by atoms with van der Waals surface area (Å²) in [7, 11) is -0.941. The van der Waals surface area contributed by atoms with E-state index in [0.29, 0.717) is 18.8 Å². The quantitative estimate of drug-likeness (QED) is 0.912. The Kier molecular flexibility index (Phi) is 4.25. The molecule has 1 unspecified atom stereocenters. The van der Waals surface area contributed by atoms with Crippen molar-refractivity contribution >= 4 is 9.84 Å². The van der Waals surface area contributed by atoms with E-state index in [0.717, 1.165) is 24.1 Å². The molecule has 0 radical (unpaired) electrons. The maximum Gasteiger partial charge on any atom is 0.154 e. The maximum atomic E-state index is 11.8. The maximum absolute atomic E-state index is 11.8. The van der Waals surface area contributed by atoms with E-state index in [1.807, 2.05) is 17.9 Å². The molecule has 1 aromatic heterocycles. The lowest BCUT2D eigenvalue weighted by atomic mass is 9.89. The van der Waals surface area contributed by atoms with Gasteiger partial charge in [0.1, 0.15) is 0 Å². The number of hydrogen-bond acceptors (Lipinski definition) is 4. The zero-order chi connectivity index (χ0) is 15.0. The molecule has 1 aromatic rings. The van der Waals surface area contributed by atoms with E-state index < -0.39 is 9.84 Å². The van der Waals surface area contributed by atoms with Crippen LogP contribution in [0.3, 0.4) is 0 Å². The van der Waals surface area contributed by atoms with Crippen LogP contribution in [0, 0.1) is 0 Å². The molecule has 1 aliphatic heterocycles. The number of aromatic nitrogens is 2. The molecule has 6 heteroatoms. The van der Waals surface area contributed by atoms with Gasteiger partial charge in [0.25, 0.3) is 0 Å². The molecule has 2 rings (SSSR count). The van der Waals surface area contributed by atoms with Crippen LogP contribution in [0.25, 0.3) is 0 Å². The number of aryl methyl sites for hydroxylation is 1. The Morgan fingerprint density at radius 3 is 2.70 bits per heavy atom. The predicted molar refractivity (Wildman–Crippen MR) is 80.4 cm³/mol. The van der Waals surface area contributed by atoms with Crippen LogP contribution < -0.4 is 5.32 Å². The van der Waals surface area contributed by atoms with Gasteiger partial charge in [-0.3, -0.25) is 4.68 Å². The van der Waals surface area contributed by atoms with Crippen LogP contribution in [0.1, 0.15) is 44.9 Å². The van der Waals surface area contributed by atoms with Crippen molar-refractivity contribution in [2.45, 2.75) is 50.8 Å². The van der Waals surface area contributed by atoms with E-state index in [-0.39, 0.29) is 10.7 Å². The first-order valence-corrected chi connectivity index (χ1v) is 8.87. The largest absolute Gasteiger partial charge is 0.311 e. The van der Waals surface area contributed by atoms with Gasteiger partial charge in [0, 0.05) is 37.3 Å². The minimum absolute atomic E-state index is 0.00227. The fourth-order valence-corrected chi connectivity index (χ4v) is 4.55. The van der Waals surface area contributed by atoms with Crippen molar-refractivity contribution in [1.29, 1.82) is 0 Å². The highest BCUT2D eigenvalue weighted by Gasteiger charge is 2.30. The normalized spacial score (nSPS) is 22.3. The van der Waals surface area contributed by atoms with Crippen LogP contribution in [0.5, 0.6) is 0 Å². The summed E-state index contributed by atoms with van der Waals surface area (Å²) in [5.41, 5.74) is 2.22. The van der Waals surface area contributed by atoms with E-state index in [9.17, 15) is 8.42 Å². The summed E-state index contributed by atoms with van der Waals surface area (Å²) in [6, 6.07) is 0. The molecule has 1 fully saturated rings. The minimum atomic E-state index is -2.86. The first-order chi connectivity index (χ1) is 9.20. The Morgan fingerprint density at radius 1 is 1.45 bits per heavy atom. The Bertz CT molecular complexity index is 570. The van der Waals surface area contributed by atoms with Crippen molar-refractivity contribution < 1.29 is 8.42 Å². The lowest BCUT2D eigenvalue weighted by molar-refractivity contribution is 0.540. The smallest absolute Gasteiger partial charge is 0.154 e. The zero-order valence-electron chi connectivity index (χ0n) is 12.8. The highest BCUT2D eigenvalue weighted by molar-refractivity contribution is 7.92. The molecule has 5 nitrogen and oxygen atoms in total. The second-order valence-electron chi connectivity index (χ2n) is 6.69. The lowest BCUT2D eigenvalue weighted by Crippen LogP contribution is -2.30. The lowest BCUT2D eigenvalue weighted by Gasteiger charge is -2.18. The minimum Gasteiger partial charge on any atom is -0.311 e. The first-order valence-electron chi connectivity index (χ1n) is 7.15. The summed E-state index contributed by atoms with van der Waals surface area (Å²) in [5, 5.41) is 7.60. The van der Waals surface area contributed by atoms with Gasteiger partial charge in [0.2, 0.25) is 0 Å². The zero-order valence-corrected chi connectivity index (χ0v) is 13.6. The SMILES string of the molecule is Cn1cc(CNCC2CCCS2(=O)=O)c(C(C)(C)C)n1. The summed E-state index contributed by atoms with van der Waals surface area (Å²) >= 11 is 0. The molecule has 0 spiro atoms. The van der Waals surface area contributed by atoms with E-state index in [4.69, 9.17) is 0 Å². The molecule has 1 aliphatic rings. The molecular weight excluding hydrogens is 274 g/mol. The molecule has 0 bridgehead atoms. The average Bonchev–Trinajstić information content (AvgIpc) is 2.82. The third-order valence-corrected chi connectivity index (χ3v) is 6.04. The Labute approximate surface area is 121 Å². The van der Waals surface area contributed by atoms with Crippen molar-refractivity contribution in [1.82, 2.24) is 15.1 Å². The molecule has 0 saturated carbocycles. The molecule has 0 aliphatic carbocycles. The monoisotopic (exact) mass is 299 g/mol. The highest BCUT2D eigenvalue weighted by atomic mass is 32.2. The Morgan fingerprint density at radius 2 is 2.15 bits per heavy atom. The molecule has 0 amide bonds. The molecule has 20 heavy (non-hydrogen) atoms. The molecule has 0 aromatic carbocycles. The van der Waals surface area contributed by atoms with Gasteiger partial charge < -0.3 is 5.32 Å². The summed E-state index contributed by atoms with van der Waals surface area (Å²) in [6.07, 6.45) is 3.60. The van der Waals surface area contributed by atoms with Crippen LogP contribution in [0.2, 0.25) is 0 Å². The van der Waals surface area contributed by atoms with E-state index in [1.165, 1.54) is 0 Å². The topological polar surface area (TPSA) is 64.0 Å². The van der Waals surface area contributed by atoms with Crippen LogP contribution in [0.4, 0.5) is 0 Å². The number of rotatable bonds is 4. The summed E-state index contributed by atoms with van der Waals surface area (Å²) in [4.78, 5) is 0.